The van der Waals surface area contributed by atoms with Crippen LogP contribution in [0.5, 0.6) is 0 Å². The molecule has 18 heavy (non-hydrogen) atoms. The second-order valence-electron chi connectivity index (χ2n) is 4.17. The van der Waals surface area contributed by atoms with Gasteiger partial charge in [0.05, 0.1) is 13.2 Å². The molecular formula is C12H15NO4S. The Morgan fingerprint density at radius 1 is 1.56 bits per heavy atom. The first-order chi connectivity index (χ1) is 8.66. The number of rotatable bonds is 4. The third kappa shape index (κ3) is 3.30. The smallest absolute Gasteiger partial charge is 0.334 e. The quantitative estimate of drug-likeness (QED) is 0.885. The van der Waals surface area contributed by atoms with Crippen LogP contribution in [0.1, 0.15) is 12.0 Å². The molecule has 1 aliphatic heterocycles. The molecule has 0 bridgehead atoms. The van der Waals surface area contributed by atoms with Crippen LogP contribution in [0.25, 0.3) is 0 Å². The largest absolute Gasteiger partial charge is 0.479 e. The lowest BCUT2D eigenvalue weighted by Crippen LogP contribution is -2.48. The molecule has 6 heteroatoms. The number of carboxylic acids is 1. The van der Waals surface area contributed by atoms with E-state index in [2.05, 4.69) is 0 Å². The number of ether oxygens (including phenoxy) is 1. The SMILES string of the molecule is O=C(O)[C@H]1CN(C(=O)CCc2ccsc2)CCO1. The summed E-state index contributed by atoms with van der Waals surface area (Å²) in [6.45, 7) is 0.922. The van der Waals surface area contributed by atoms with Gasteiger partial charge in [0.25, 0.3) is 0 Å². The van der Waals surface area contributed by atoms with Crippen molar-refractivity contribution in [3.8, 4) is 0 Å². The first-order valence-corrected chi connectivity index (χ1v) is 6.74. The molecule has 1 saturated heterocycles. The maximum atomic E-state index is 11.9. The second kappa shape index (κ2) is 5.97. The van der Waals surface area contributed by atoms with Crippen LogP contribution in [0.2, 0.25) is 0 Å². The molecule has 1 amide bonds. The van der Waals surface area contributed by atoms with E-state index in [0.29, 0.717) is 26.0 Å². The molecule has 0 unspecified atom stereocenters. The first kappa shape index (κ1) is 13.0. The van der Waals surface area contributed by atoms with Crippen molar-refractivity contribution < 1.29 is 19.4 Å². The summed E-state index contributed by atoms with van der Waals surface area (Å²) in [5, 5.41) is 12.9. The molecule has 0 aromatic carbocycles. The van der Waals surface area contributed by atoms with Gasteiger partial charge >= 0.3 is 5.97 Å². The van der Waals surface area contributed by atoms with Crippen molar-refractivity contribution in [2.24, 2.45) is 0 Å². The van der Waals surface area contributed by atoms with Crippen LogP contribution in [0.3, 0.4) is 0 Å². The van der Waals surface area contributed by atoms with E-state index in [-0.39, 0.29) is 12.5 Å². The molecule has 1 fully saturated rings. The van der Waals surface area contributed by atoms with Gasteiger partial charge in [-0.15, -0.1) is 0 Å². The zero-order valence-corrected chi connectivity index (χ0v) is 10.7. The van der Waals surface area contributed by atoms with Crippen LogP contribution < -0.4 is 0 Å². The third-order valence-electron chi connectivity index (χ3n) is 2.90. The van der Waals surface area contributed by atoms with Crippen molar-refractivity contribution in [2.75, 3.05) is 19.7 Å². The Labute approximate surface area is 109 Å². The van der Waals surface area contributed by atoms with Gasteiger partial charge in [-0.25, -0.2) is 4.79 Å². The zero-order valence-electron chi connectivity index (χ0n) is 9.87. The van der Waals surface area contributed by atoms with E-state index in [1.54, 1.807) is 16.2 Å². The maximum absolute atomic E-state index is 11.9. The number of carbonyl (C=O) groups is 2. The number of thiophene rings is 1. The highest BCUT2D eigenvalue weighted by Crippen LogP contribution is 2.11. The van der Waals surface area contributed by atoms with E-state index >= 15 is 0 Å². The van der Waals surface area contributed by atoms with Crippen LogP contribution in [0.4, 0.5) is 0 Å². The molecular weight excluding hydrogens is 254 g/mol. The third-order valence-corrected chi connectivity index (χ3v) is 3.63. The molecule has 1 aromatic heterocycles. The van der Waals surface area contributed by atoms with Crippen molar-refractivity contribution in [1.82, 2.24) is 4.90 Å². The zero-order chi connectivity index (χ0) is 13.0. The predicted molar refractivity (Wildman–Crippen MR) is 66.6 cm³/mol. The summed E-state index contributed by atoms with van der Waals surface area (Å²) in [5.74, 6) is -1.01. The minimum Gasteiger partial charge on any atom is -0.479 e. The minimum absolute atomic E-state index is 0.00394. The fraction of sp³-hybridized carbons (Fsp3) is 0.500. The highest BCUT2D eigenvalue weighted by molar-refractivity contribution is 7.07. The molecule has 0 aliphatic carbocycles. The molecule has 2 heterocycles. The number of aryl methyl sites for hydroxylation is 1. The van der Waals surface area contributed by atoms with E-state index in [1.165, 1.54) is 0 Å². The summed E-state index contributed by atoms with van der Waals surface area (Å²) in [7, 11) is 0. The fourth-order valence-electron chi connectivity index (χ4n) is 1.87. The second-order valence-corrected chi connectivity index (χ2v) is 4.95. The van der Waals surface area contributed by atoms with Gasteiger partial charge in [-0.05, 0) is 28.8 Å². The average molecular weight is 269 g/mol. The van der Waals surface area contributed by atoms with Crippen molar-refractivity contribution in [3.05, 3.63) is 22.4 Å². The molecule has 1 atom stereocenters. The number of hydrogen-bond acceptors (Lipinski definition) is 4. The Kier molecular flexibility index (Phi) is 4.33. The van der Waals surface area contributed by atoms with Crippen LogP contribution in [-0.2, 0) is 20.7 Å². The number of aliphatic carboxylic acids is 1. The topological polar surface area (TPSA) is 66.8 Å². The highest BCUT2D eigenvalue weighted by Gasteiger charge is 2.28. The van der Waals surface area contributed by atoms with E-state index in [4.69, 9.17) is 9.84 Å². The van der Waals surface area contributed by atoms with Crippen LogP contribution >= 0.6 is 11.3 Å². The van der Waals surface area contributed by atoms with E-state index in [9.17, 15) is 9.59 Å². The van der Waals surface area contributed by atoms with Gasteiger partial charge in [0.1, 0.15) is 0 Å². The molecule has 2 rings (SSSR count). The van der Waals surface area contributed by atoms with Gasteiger partial charge in [0.15, 0.2) is 6.10 Å². The van der Waals surface area contributed by atoms with E-state index in [0.717, 1.165) is 5.56 Å². The molecule has 0 spiro atoms. The molecule has 0 radical (unpaired) electrons. The van der Waals surface area contributed by atoms with Gasteiger partial charge < -0.3 is 14.7 Å². The summed E-state index contributed by atoms with van der Waals surface area (Å²) < 4.78 is 5.08. The van der Waals surface area contributed by atoms with Crippen LogP contribution in [-0.4, -0.2) is 47.7 Å². The summed E-state index contributed by atoms with van der Waals surface area (Å²) in [6.07, 6.45) is 0.240. The summed E-state index contributed by atoms with van der Waals surface area (Å²) in [4.78, 5) is 24.3. The molecule has 1 aromatic rings. The molecule has 5 nitrogen and oxygen atoms in total. The van der Waals surface area contributed by atoms with Gasteiger partial charge in [-0.2, -0.15) is 11.3 Å². The normalized spacial score (nSPS) is 19.8. The monoisotopic (exact) mass is 269 g/mol. The van der Waals surface area contributed by atoms with Gasteiger partial charge in [-0.1, -0.05) is 0 Å². The lowest BCUT2D eigenvalue weighted by molar-refractivity contribution is -0.159. The van der Waals surface area contributed by atoms with Crippen molar-refractivity contribution in [1.29, 1.82) is 0 Å². The maximum Gasteiger partial charge on any atom is 0.334 e. The number of hydrogen-bond donors (Lipinski definition) is 1. The summed E-state index contributed by atoms with van der Waals surface area (Å²) in [5.41, 5.74) is 1.15. The highest BCUT2D eigenvalue weighted by atomic mass is 32.1. The molecule has 1 N–H and O–H groups in total. The van der Waals surface area contributed by atoms with Gasteiger partial charge in [0, 0.05) is 13.0 Å². The first-order valence-electron chi connectivity index (χ1n) is 5.80. The Bertz CT molecular complexity index is 418. The summed E-state index contributed by atoms with van der Waals surface area (Å²) >= 11 is 1.61. The van der Waals surface area contributed by atoms with Crippen molar-refractivity contribution in [3.63, 3.8) is 0 Å². The standard InChI is InChI=1S/C12H15NO4S/c14-11(2-1-9-3-6-18-8-9)13-4-5-17-10(7-13)12(15)16/h3,6,8,10H,1-2,4-5,7H2,(H,15,16)/t10-/m1/s1. The lowest BCUT2D eigenvalue weighted by atomic mass is 10.1. The van der Waals surface area contributed by atoms with Crippen molar-refractivity contribution in [2.45, 2.75) is 18.9 Å². The Morgan fingerprint density at radius 2 is 2.39 bits per heavy atom. The van der Waals surface area contributed by atoms with E-state index in [1.807, 2.05) is 16.8 Å². The Morgan fingerprint density at radius 3 is 3.06 bits per heavy atom. The van der Waals surface area contributed by atoms with Crippen LogP contribution in [0.15, 0.2) is 16.8 Å². The van der Waals surface area contributed by atoms with Crippen LogP contribution in [0, 0.1) is 0 Å². The summed E-state index contributed by atoms with van der Waals surface area (Å²) in [6, 6.07) is 2.00. The molecule has 1 aliphatic rings. The van der Waals surface area contributed by atoms with E-state index < -0.39 is 12.1 Å². The Hall–Kier alpha value is -1.40. The average Bonchev–Trinajstić information content (AvgIpc) is 2.89. The number of nitrogens with zero attached hydrogens (tertiary/aromatic N) is 1. The Balaban J connectivity index is 1.83. The molecule has 98 valence electrons. The minimum atomic E-state index is -1.01. The lowest BCUT2D eigenvalue weighted by Gasteiger charge is -2.30. The number of morpholine rings is 1. The van der Waals surface area contributed by atoms with Gasteiger partial charge in [0.2, 0.25) is 5.91 Å². The number of carbonyl (C=O) groups excluding carboxylic acids is 1. The van der Waals surface area contributed by atoms with Gasteiger partial charge in [-0.3, -0.25) is 4.79 Å². The number of carboxylic acid groups (broad SMARTS) is 1. The molecule has 0 saturated carbocycles. The van der Waals surface area contributed by atoms with Crippen molar-refractivity contribution >= 4 is 23.2 Å². The number of amides is 1. The predicted octanol–water partition coefficient (Wildman–Crippen LogP) is 0.993. The fourth-order valence-corrected chi connectivity index (χ4v) is 2.57.